The smallest absolute Gasteiger partial charge is 0.119 e. The Morgan fingerprint density at radius 3 is 2.09 bits per heavy atom. The minimum atomic E-state index is 0.753. The maximum atomic E-state index is 5.56. The summed E-state index contributed by atoms with van der Waals surface area (Å²) in [6.07, 6.45) is 5.01. The lowest BCUT2D eigenvalue weighted by atomic mass is 10.1. The van der Waals surface area contributed by atoms with E-state index in [1.807, 2.05) is 30.3 Å². The molecule has 0 amide bonds. The predicted molar refractivity (Wildman–Crippen MR) is 93.2 cm³/mol. The third-order valence-corrected chi connectivity index (χ3v) is 3.27. The van der Waals surface area contributed by atoms with Gasteiger partial charge in [-0.25, -0.2) is 0 Å². The zero-order valence-corrected chi connectivity index (χ0v) is 13.1. The second kappa shape index (κ2) is 8.74. The molecule has 2 aromatic rings. The lowest BCUT2D eigenvalue weighted by Gasteiger charge is -2.03. The SMILES string of the molecule is C=CCCc1ccc(C#Cc2ccc(OCCC)cc2)cc1. The molecule has 0 aliphatic carbocycles. The number of ether oxygens (including phenoxy) is 1. The molecule has 0 bridgehead atoms. The van der Waals surface area contributed by atoms with E-state index in [1.54, 1.807) is 0 Å². The highest BCUT2D eigenvalue weighted by Gasteiger charge is 1.94. The zero-order valence-electron chi connectivity index (χ0n) is 13.1. The molecule has 2 rings (SSSR count). The van der Waals surface area contributed by atoms with E-state index < -0.39 is 0 Å². The Morgan fingerprint density at radius 2 is 1.55 bits per heavy atom. The number of allylic oxidation sites excluding steroid dienone is 1. The van der Waals surface area contributed by atoms with Crippen molar-refractivity contribution in [3.05, 3.63) is 77.9 Å². The topological polar surface area (TPSA) is 9.23 Å². The third kappa shape index (κ3) is 5.14. The van der Waals surface area contributed by atoms with Crippen LogP contribution < -0.4 is 4.74 Å². The summed E-state index contributed by atoms with van der Waals surface area (Å²) in [5.74, 6) is 7.28. The van der Waals surface area contributed by atoms with Crippen LogP contribution in [0.15, 0.2) is 61.2 Å². The van der Waals surface area contributed by atoms with Crippen molar-refractivity contribution in [2.24, 2.45) is 0 Å². The molecule has 0 fully saturated rings. The van der Waals surface area contributed by atoms with Gasteiger partial charge in [-0.05, 0) is 61.2 Å². The van der Waals surface area contributed by atoms with Gasteiger partial charge in [-0.2, -0.15) is 0 Å². The molecule has 0 heterocycles. The molecule has 0 N–H and O–H groups in total. The number of aryl methyl sites for hydroxylation is 1. The number of hydrogen-bond donors (Lipinski definition) is 0. The second-order valence-electron chi connectivity index (χ2n) is 5.15. The van der Waals surface area contributed by atoms with Crippen LogP contribution in [0.4, 0.5) is 0 Å². The van der Waals surface area contributed by atoms with Gasteiger partial charge >= 0.3 is 0 Å². The Labute approximate surface area is 133 Å². The molecule has 0 aliphatic heterocycles. The van der Waals surface area contributed by atoms with Crippen LogP contribution in [0.2, 0.25) is 0 Å². The standard InChI is InChI=1S/C21H22O/c1-3-5-6-18-7-9-19(10-8-18)11-12-20-13-15-21(16-14-20)22-17-4-2/h3,7-10,13-16H,1,4-6,17H2,2H3. The van der Waals surface area contributed by atoms with Crippen LogP contribution in [0.3, 0.4) is 0 Å². The first-order valence-corrected chi connectivity index (χ1v) is 7.76. The number of benzene rings is 2. The first kappa shape index (κ1) is 15.9. The van der Waals surface area contributed by atoms with Crippen molar-refractivity contribution in [1.82, 2.24) is 0 Å². The molecule has 0 unspecified atom stereocenters. The Bertz CT molecular complexity index is 639. The first-order valence-electron chi connectivity index (χ1n) is 7.76. The molecular formula is C21H22O. The predicted octanol–water partition coefficient (Wildman–Crippen LogP) is 4.99. The van der Waals surface area contributed by atoms with Crippen molar-refractivity contribution in [2.45, 2.75) is 26.2 Å². The maximum absolute atomic E-state index is 5.56. The van der Waals surface area contributed by atoms with Gasteiger partial charge in [0.25, 0.3) is 0 Å². The molecule has 1 heteroatoms. The average Bonchev–Trinajstić information content (AvgIpc) is 2.58. The Balaban J connectivity index is 1.98. The first-order chi connectivity index (χ1) is 10.8. The van der Waals surface area contributed by atoms with Crippen LogP contribution in [-0.2, 0) is 6.42 Å². The Hall–Kier alpha value is -2.46. The van der Waals surface area contributed by atoms with Gasteiger partial charge in [-0.1, -0.05) is 37.0 Å². The fraction of sp³-hybridized carbons (Fsp3) is 0.238. The van der Waals surface area contributed by atoms with Crippen LogP contribution >= 0.6 is 0 Å². The van der Waals surface area contributed by atoms with Crippen LogP contribution in [0.1, 0.15) is 36.5 Å². The molecule has 2 aromatic carbocycles. The minimum Gasteiger partial charge on any atom is -0.494 e. The fourth-order valence-corrected chi connectivity index (χ4v) is 2.02. The maximum Gasteiger partial charge on any atom is 0.119 e. The molecule has 0 radical (unpaired) electrons. The lowest BCUT2D eigenvalue weighted by molar-refractivity contribution is 0.317. The zero-order chi connectivity index (χ0) is 15.6. The molecule has 0 aliphatic rings. The highest BCUT2D eigenvalue weighted by Crippen LogP contribution is 2.12. The monoisotopic (exact) mass is 290 g/mol. The largest absolute Gasteiger partial charge is 0.494 e. The molecule has 0 saturated carbocycles. The average molecular weight is 290 g/mol. The summed E-state index contributed by atoms with van der Waals surface area (Å²) in [6, 6.07) is 16.3. The highest BCUT2D eigenvalue weighted by molar-refractivity contribution is 5.44. The highest BCUT2D eigenvalue weighted by atomic mass is 16.5. The van der Waals surface area contributed by atoms with Crippen LogP contribution in [-0.4, -0.2) is 6.61 Å². The van der Waals surface area contributed by atoms with Gasteiger partial charge in [0.1, 0.15) is 5.75 Å². The van der Waals surface area contributed by atoms with Crippen molar-refractivity contribution in [2.75, 3.05) is 6.61 Å². The number of rotatable bonds is 6. The lowest BCUT2D eigenvalue weighted by Crippen LogP contribution is -1.94. The number of hydrogen-bond acceptors (Lipinski definition) is 1. The molecule has 0 aromatic heterocycles. The van der Waals surface area contributed by atoms with Crippen molar-refractivity contribution in [3.8, 4) is 17.6 Å². The molecule has 1 nitrogen and oxygen atoms in total. The summed E-state index contributed by atoms with van der Waals surface area (Å²) < 4.78 is 5.56. The van der Waals surface area contributed by atoms with Crippen molar-refractivity contribution < 1.29 is 4.74 Å². The summed E-state index contributed by atoms with van der Waals surface area (Å²) >= 11 is 0. The quantitative estimate of drug-likeness (QED) is 0.537. The van der Waals surface area contributed by atoms with E-state index in [1.165, 1.54) is 5.56 Å². The van der Waals surface area contributed by atoms with Gasteiger partial charge in [-0.15, -0.1) is 6.58 Å². The minimum absolute atomic E-state index is 0.753. The van der Waals surface area contributed by atoms with Gasteiger partial charge < -0.3 is 4.74 Å². The van der Waals surface area contributed by atoms with Crippen LogP contribution in [0, 0.1) is 11.8 Å². The van der Waals surface area contributed by atoms with E-state index in [2.05, 4.69) is 49.6 Å². The summed E-state index contributed by atoms with van der Waals surface area (Å²) in [5.41, 5.74) is 3.36. The summed E-state index contributed by atoms with van der Waals surface area (Å²) in [7, 11) is 0. The second-order valence-corrected chi connectivity index (χ2v) is 5.15. The van der Waals surface area contributed by atoms with Crippen LogP contribution in [0.25, 0.3) is 0 Å². The molecule has 0 atom stereocenters. The van der Waals surface area contributed by atoms with Gasteiger partial charge in [-0.3, -0.25) is 0 Å². The molecule has 112 valence electrons. The third-order valence-electron chi connectivity index (χ3n) is 3.27. The van der Waals surface area contributed by atoms with Crippen molar-refractivity contribution >= 4 is 0 Å². The van der Waals surface area contributed by atoms with Gasteiger partial charge in [0.05, 0.1) is 6.61 Å². The molecular weight excluding hydrogens is 268 g/mol. The van der Waals surface area contributed by atoms with E-state index in [0.29, 0.717) is 0 Å². The fourth-order valence-electron chi connectivity index (χ4n) is 2.02. The van der Waals surface area contributed by atoms with E-state index in [4.69, 9.17) is 4.74 Å². The van der Waals surface area contributed by atoms with Crippen molar-refractivity contribution in [1.29, 1.82) is 0 Å². The molecule has 0 spiro atoms. The van der Waals surface area contributed by atoms with Crippen molar-refractivity contribution in [3.63, 3.8) is 0 Å². The van der Waals surface area contributed by atoms with E-state index in [9.17, 15) is 0 Å². The Morgan fingerprint density at radius 1 is 0.955 bits per heavy atom. The van der Waals surface area contributed by atoms with E-state index in [-0.39, 0.29) is 0 Å². The van der Waals surface area contributed by atoms with E-state index >= 15 is 0 Å². The summed E-state index contributed by atoms with van der Waals surface area (Å²) in [6.45, 7) is 6.60. The van der Waals surface area contributed by atoms with E-state index in [0.717, 1.165) is 42.7 Å². The van der Waals surface area contributed by atoms with Gasteiger partial charge in [0, 0.05) is 11.1 Å². The normalized spacial score (nSPS) is 9.68. The molecule has 0 saturated heterocycles. The summed E-state index contributed by atoms with van der Waals surface area (Å²) in [4.78, 5) is 0. The molecule has 22 heavy (non-hydrogen) atoms. The van der Waals surface area contributed by atoms with Gasteiger partial charge in [0.2, 0.25) is 0 Å². The van der Waals surface area contributed by atoms with Gasteiger partial charge in [0.15, 0.2) is 0 Å². The van der Waals surface area contributed by atoms with Crippen LogP contribution in [0.5, 0.6) is 5.75 Å². The summed E-state index contributed by atoms with van der Waals surface area (Å²) in [5, 5.41) is 0. The Kier molecular flexibility index (Phi) is 6.33.